The van der Waals surface area contributed by atoms with E-state index < -0.39 is 35.5 Å². The minimum atomic E-state index is -0.791. The van der Waals surface area contributed by atoms with Crippen molar-refractivity contribution in [3.8, 4) is 0 Å². The van der Waals surface area contributed by atoms with Crippen LogP contribution in [0.1, 0.15) is 37.2 Å². The minimum absolute atomic E-state index is 0.148. The van der Waals surface area contributed by atoms with Gasteiger partial charge in [0.15, 0.2) is 11.6 Å². The van der Waals surface area contributed by atoms with Crippen LogP contribution in [0.3, 0.4) is 0 Å². The second-order valence-electron chi connectivity index (χ2n) is 8.18. The molecule has 0 saturated carbocycles. The maximum Gasteiger partial charge on any atom is 0.257 e. The van der Waals surface area contributed by atoms with Gasteiger partial charge in [0.1, 0.15) is 18.1 Å². The second kappa shape index (κ2) is 6.45. The van der Waals surface area contributed by atoms with Crippen molar-refractivity contribution in [3.63, 3.8) is 0 Å². The number of Topliss-reactive ketones (excluding diaryl/α,β-unsaturated/α-hetero) is 1. The number of aliphatic hydroxyl groups is 1. The van der Waals surface area contributed by atoms with Crippen LogP contribution >= 0.6 is 0 Å². The molecule has 2 amide bonds. The van der Waals surface area contributed by atoms with E-state index in [1.54, 1.807) is 19.1 Å². The highest BCUT2D eigenvalue weighted by Crippen LogP contribution is 2.54. The molecule has 1 aromatic rings. The van der Waals surface area contributed by atoms with Gasteiger partial charge >= 0.3 is 0 Å². The molecule has 0 aromatic carbocycles. The van der Waals surface area contributed by atoms with Crippen LogP contribution in [0, 0.1) is 17.8 Å². The van der Waals surface area contributed by atoms with Gasteiger partial charge in [-0.3, -0.25) is 24.4 Å². The summed E-state index contributed by atoms with van der Waals surface area (Å²) >= 11 is 0. The van der Waals surface area contributed by atoms with Gasteiger partial charge in [-0.25, -0.2) is 0 Å². The fraction of sp³-hybridized carbons (Fsp3) is 0.364. The van der Waals surface area contributed by atoms with Crippen LogP contribution in [0.15, 0.2) is 51.0 Å². The Hall–Kier alpha value is -3.10. The zero-order valence-electron chi connectivity index (χ0n) is 16.1. The van der Waals surface area contributed by atoms with Crippen LogP contribution in [0.2, 0.25) is 0 Å². The molecular formula is C22H19NO7. The van der Waals surface area contributed by atoms with Crippen molar-refractivity contribution in [2.24, 2.45) is 17.8 Å². The summed E-state index contributed by atoms with van der Waals surface area (Å²) < 4.78 is 5.74. The van der Waals surface area contributed by atoms with Crippen LogP contribution in [0.25, 0.3) is 0 Å². The highest BCUT2D eigenvalue weighted by Gasteiger charge is 2.56. The number of hydroxylamine groups is 2. The Bertz CT molecular complexity index is 1120. The third kappa shape index (κ3) is 2.41. The van der Waals surface area contributed by atoms with E-state index in [2.05, 4.69) is 0 Å². The molecule has 0 unspecified atom stereocenters. The molecule has 154 valence electrons. The molecule has 8 heteroatoms. The van der Waals surface area contributed by atoms with E-state index in [-0.39, 0.29) is 36.1 Å². The van der Waals surface area contributed by atoms with Crippen molar-refractivity contribution in [2.75, 3.05) is 0 Å². The molecule has 3 aliphatic carbocycles. The molecular weight excluding hydrogens is 390 g/mol. The molecule has 1 saturated heterocycles. The normalized spacial score (nSPS) is 30.8. The third-order valence-corrected chi connectivity index (χ3v) is 6.66. The van der Waals surface area contributed by atoms with E-state index in [9.17, 15) is 29.5 Å². The summed E-state index contributed by atoms with van der Waals surface area (Å²) in [6.07, 6.45) is 3.54. The van der Waals surface area contributed by atoms with Gasteiger partial charge < -0.3 is 9.52 Å². The standard InChI is InChI=1S/C22H19NO7/c1-9-6-15(25)18-14(20(9)26)7-13-11(19(18)16-5-2-10(8-24)30-16)3-4-12-17(13)22(28)23(29)21(12)27/h2-3,5-6,12-13,17,19,24,29H,4,7-8H2,1H3/t12-,13+,17-,19+/m0/s1. The van der Waals surface area contributed by atoms with E-state index in [1.165, 1.54) is 6.08 Å². The average Bonchev–Trinajstić information content (AvgIpc) is 3.30. The van der Waals surface area contributed by atoms with E-state index in [4.69, 9.17) is 4.42 Å². The number of nitrogens with zero attached hydrogens (tertiary/aromatic N) is 1. The molecule has 1 fully saturated rings. The Balaban J connectivity index is 1.70. The zero-order valence-corrected chi connectivity index (χ0v) is 16.1. The number of amides is 2. The van der Waals surface area contributed by atoms with Crippen LogP contribution in [0.4, 0.5) is 0 Å². The number of carbonyl (C=O) groups excluding carboxylic acids is 4. The lowest BCUT2D eigenvalue weighted by Gasteiger charge is -2.41. The monoisotopic (exact) mass is 409 g/mol. The van der Waals surface area contributed by atoms with Gasteiger partial charge in [0.25, 0.3) is 11.8 Å². The number of fused-ring (bicyclic) bond motifs is 3. The SMILES string of the molecule is CC1=CC(=O)C2=C(C[C@@H]3C(=CC[C@@H]4C(=O)N(O)C(=O)[C@@H]43)[C@@H]2c2ccc(CO)o2)C1=O. The van der Waals surface area contributed by atoms with E-state index in [1.807, 2.05) is 6.08 Å². The van der Waals surface area contributed by atoms with Crippen molar-refractivity contribution in [2.45, 2.75) is 32.3 Å². The highest BCUT2D eigenvalue weighted by molar-refractivity contribution is 6.23. The highest BCUT2D eigenvalue weighted by atomic mass is 16.5. The fourth-order valence-electron chi connectivity index (χ4n) is 5.33. The Morgan fingerprint density at radius 3 is 2.60 bits per heavy atom. The quantitative estimate of drug-likeness (QED) is 0.329. The first-order chi connectivity index (χ1) is 14.3. The molecule has 1 aromatic heterocycles. The molecule has 2 N–H and O–H groups in total. The third-order valence-electron chi connectivity index (χ3n) is 6.66. The first-order valence-corrected chi connectivity index (χ1v) is 9.80. The minimum Gasteiger partial charge on any atom is -0.463 e. The molecule has 0 bridgehead atoms. The topological polar surface area (TPSA) is 125 Å². The maximum atomic E-state index is 12.9. The van der Waals surface area contributed by atoms with Crippen molar-refractivity contribution in [1.82, 2.24) is 5.06 Å². The van der Waals surface area contributed by atoms with Crippen molar-refractivity contribution in [3.05, 3.63) is 58.1 Å². The molecule has 2 heterocycles. The molecule has 1 aliphatic heterocycles. The first-order valence-electron chi connectivity index (χ1n) is 9.80. The summed E-state index contributed by atoms with van der Waals surface area (Å²) in [4.78, 5) is 50.8. The summed E-state index contributed by atoms with van der Waals surface area (Å²) in [5.74, 6) is -3.82. The Labute approximate surface area is 171 Å². The number of carbonyl (C=O) groups is 4. The number of allylic oxidation sites excluding steroid dienone is 6. The van der Waals surface area contributed by atoms with Crippen LogP contribution in [-0.4, -0.2) is 38.8 Å². The predicted molar refractivity (Wildman–Crippen MR) is 99.6 cm³/mol. The summed E-state index contributed by atoms with van der Waals surface area (Å²) in [5, 5.41) is 19.5. The van der Waals surface area contributed by atoms with Crippen LogP contribution < -0.4 is 0 Å². The van der Waals surface area contributed by atoms with E-state index in [0.29, 0.717) is 28.2 Å². The number of furan rings is 1. The predicted octanol–water partition coefficient (Wildman–Crippen LogP) is 1.59. The average molecular weight is 409 g/mol. The molecule has 0 spiro atoms. The number of imide groups is 1. The van der Waals surface area contributed by atoms with Crippen molar-refractivity contribution >= 4 is 23.4 Å². The molecule has 4 aliphatic rings. The molecule has 30 heavy (non-hydrogen) atoms. The number of aliphatic hydroxyl groups excluding tert-OH is 1. The zero-order chi connectivity index (χ0) is 21.3. The smallest absolute Gasteiger partial charge is 0.257 e. The number of hydrogen-bond acceptors (Lipinski definition) is 7. The Morgan fingerprint density at radius 1 is 1.13 bits per heavy atom. The summed E-state index contributed by atoms with van der Waals surface area (Å²) in [5.41, 5.74) is 1.71. The number of rotatable bonds is 2. The first kappa shape index (κ1) is 18.9. The summed E-state index contributed by atoms with van der Waals surface area (Å²) in [6.45, 7) is 1.26. The largest absolute Gasteiger partial charge is 0.463 e. The van der Waals surface area contributed by atoms with Crippen molar-refractivity contribution < 1.29 is 33.9 Å². The second-order valence-corrected chi connectivity index (χ2v) is 8.18. The van der Waals surface area contributed by atoms with Crippen molar-refractivity contribution in [1.29, 1.82) is 0 Å². The lowest BCUT2D eigenvalue weighted by atomic mass is 9.60. The maximum absolute atomic E-state index is 12.9. The van der Waals surface area contributed by atoms with Crippen LogP contribution in [0.5, 0.6) is 0 Å². The Morgan fingerprint density at radius 2 is 1.90 bits per heavy atom. The number of hydrogen-bond donors (Lipinski definition) is 2. The Kier molecular flexibility index (Phi) is 4.06. The molecule has 0 radical (unpaired) electrons. The summed E-state index contributed by atoms with van der Waals surface area (Å²) in [6, 6.07) is 3.25. The lowest BCUT2D eigenvalue weighted by molar-refractivity contribution is -0.173. The molecule has 5 rings (SSSR count). The van der Waals surface area contributed by atoms with Crippen LogP contribution in [-0.2, 0) is 25.8 Å². The van der Waals surface area contributed by atoms with Gasteiger partial charge in [-0.15, -0.1) is 0 Å². The fourth-order valence-corrected chi connectivity index (χ4v) is 5.33. The lowest BCUT2D eigenvalue weighted by Crippen LogP contribution is -2.39. The van der Waals surface area contributed by atoms with E-state index in [0.717, 1.165) is 5.57 Å². The molecule has 8 nitrogen and oxygen atoms in total. The van der Waals surface area contributed by atoms with Gasteiger partial charge in [0.2, 0.25) is 0 Å². The van der Waals surface area contributed by atoms with Gasteiger partial charge in [0.05, 0.1) is 17.8 Å². The summed E-state index contributed by atoms with van der Waals surface area (Å²) in [7, 11) is 0. The molecule has 4 atom stereocenters. The van der Waals surface area contributed by atoms with Gasteiger partial charge in [-0.2, -0.15) is 5.06 Å². The number of ketones is 2. The van der Waals surface area contributed by atoms with Gasteiger partial charge in [-0.05, 0) is 43.9 Å². The van der Waals surface area contributed by atoms with Gasteiger partial charge in [-0.1, -0.05) is 11.6 Å². The van der Waals surface area contributed by atoms with Gasteiger partial charge in [0, 0.05) is 16.7 Å². The van der Waals surface area contributed by atoms with E-state index >= 15 is 0 Å².